The molecule has 0 aliphatic carbocycles. The number of amides is 1. The molecule has 1 aliphatic heterocycles. The highest BCUT2D eigenvalue weighted by atomic mass is 35.5. The Balaban J connectivity index is 1.39. The molecule has 4 aromatic rings. The van der Waals surface area contributed by atoms with E-state index in [-0.39, 0.29) is 37.9 Å². The molecule has 2 aromatic heterocycles. The quantitative estimate of drug-likeness (QED) is 0.111. The molecule has 1 fully saturated rings. The van der Waals surface area contributed by atoms with Crippen LogP contribution in [0.3, 0.4) is 0 Å². The molecule has 0 radical (unpaired) electrons. The van der Waals surface area contributed by atoms with Crippen LogP contribution in [0.2, 0.25) is 5.02 Å². The zero-order chi connectivity index (χ0) is 37.2. The number of nitrogens with zero attached hydrogens (tertiary/aromatic N) is 6. The number of aromatic nitrogens is 2. The number of pyridine rings is 1. The van der Waals surface area contributed by atoms with E-state index < -0.39 is 12.0 Å². The molecule has 11 nitrogen and oxygen atoms in total. The van der Waals surface area contributed by atoms with Crippen LogP contribution in [0.1, 0.15) is 56.4 Å². The number of anilines is 1. The number of carboxylic acids is 1. The molecule has 0 bridgehead atoms. The molecular formula is C38H40ClN7O4S2. The SMILES string of the molecule is CC(C)C[C@@H](C(=O)O)N(CCOc1ccc(-c2c(C#N)c(SCc3csc(-c4ccc(Cl)cc4)n3)nc(N3CCCC3)c2C#N)cc1)C(=O)CCN. The highest BCUT2D eigenvalue weighted by Crippen LogP contribution is 2.40. The van der Waals surface area contributed by atoms with Crippen LogP contribution in [0.5, 0.6) is 5.75 Å². The smallest absolute Gasteiger partial charge is 0.326 e. The molecule has 0 unspecified atom stereocenters. The van der Waals surface area contributed by atoms with E-state index in [1.54, 1.807) is 24.3 Å². The molecule has 1 atom stereocenters. The fraction of sp³-hybridized carbons (Fsp3) is 0.368. The summed E-state index contributed by atoms with van der Waals surface area (Å²) in [5.74, 6) is 0.202. The summed E-state index contributed by atoms with van der Waals surface area (Å²) in [4.78, 5) is 38.1. The third-order valence-electron chi connectivity index (χ3n) is 8.55. The minimum absolute atomic E-state index is 0.0405. The first-order valence-corrected chi connectivity index (χ1v) is 19.3. The van der Waals surface area contributed by atoms with Gasteiger partial charge in [0.15, 0.2) is 0 Å². The summed E-state index contributed by atoms with van der Waals surface area (Å²) in [6.45, 7) is 5.62. The number of nitriles is 2. The predicted octanol–water partition coefficient (Wildman–Crippen LogP) is 7.22. The van der Waals surface area contributed by atoms with E-state index in [0.717, 1.165) is 42.2 Å². The summed E-state index contributed by atoms with van der Waals surface area (Å²) in [5, 5.41) is 34.9. The Morgan fingerprint density at radius 3 is 2.35 bits per heavy atom. The van der Waals surface area contributed by atoms with Gasteiger partial charge in [-0.15, -0.1) is 11.3 Å². The standard InChI is InChI=1S/C38H40ClN7O4S2/c1-24(2)19-32(38(48)49)46(33(47)13-14-40)17-18-50-29-11-7-25(8-12-29)34-30(20-41)35(45-15-3-4-16-45)44-37(31(34)21-42)52-23-28-22-51-36(43-28)26-5-9-27(39)10-6-26/h5-12,22,24,32H,3-4,13-19,23,40H2,1-2H3,(H,48,49)/t32-/m0/s1. The zero-order valence-corrected chi connectivity index (χ0v) is 31.4. The molecule has 5 rings (SSSR count). The van der Waals surface area contributed by atoms with Crippen molar-refractivity contribution in [3.63, 3.8) is 0 Å². The Morgan fingerprint density at radius 1 is 1.06 bits per heavy atom. The number of halogens is 1. The normalized spacial score (nSPS) is 13.1. The van der Waals surface area contributed by atoms with E-state index in [4.69, 9.17) is 32.0 Å². The molecule has 14 heteroatoms. The zero-order valence-electron chi connectivity index (χ0n) is 29.0. The Kier molecular flexibility index (Phi) is 13.5. The number of ether oxygens (including phenoxy) is 1. The van der Waals surface area contributed by atoms with Gasteiger partial charge in [0.1, 0.15) is 52.0 Å². The minimum Gasteiger partial charge on any atom is -0.492 e. The van der Waals surface area contributed by atoms with E-state index in [9.17, 15) is 25.2 Å². The van der Waals surface area contributed by atoms with Crippen molar-refractivity contribution in [2.75, 3.05) is 37.7 Å². The summed E-state index contributed by atoms with van der Waals surface area (Å²) in [6.07, 6.45) is 2.33. The second-order valence-electron chi connectivity index (χ2n) is 12.7. The lowest BCUT2D eigenvalue weighted by Gasteiger charge is -2.30. The first kappa shape index (κ1) is 38.6. The van der Waals surface area contributed by atoms with Crippen molar-refractivity contribution in [3.8, 4) is 39.6 Å². The Hall–Kier alpha value is -4.66. The first-order valence-electron chi connectivity index (χ1n) is 17.0. The number of carbonyl (C=O) groups excluding carboxylic acids is 1. The van der Waals surface area contributed by atoms with Crippen molar-refractivity contribution in [2.24, 2.45) is 11.7 Å². The average Bonchev–Trinajstić information content (AvgIpc) is 3.85. The number of aliphatic carboxylic acids is 1. The number of hydrogen-bond acceptors (Lipinski definition) is 11. The Morgan fingerprint density at radius 2 is 1.73 bits per heavy atom. The molecule has 0 saturated carbocycles. The maximum atomic E-state index is 12.8. The van der Waals surface area contributed by atoms with Gasteiger partial charge in [0.2, 0.25) is 5.91 Å². The van der Waals surface area contributed by atoms with Gasteiger partial charge in [0.25, 0.3) is 0 Å². The Bertz CT molecular complexity index is 1950. The van der Waals surface area contributed by atoms with Crippen LogP contribution >= 0.6 is 34.7 Å². The lowest BCUT2D eigenvalue weighted by Crippen LogP contribution is -2.48. The predicted molar refractivity (Wildman–Crippen MR) is 204 cm³/mol. The number of carboxylic acid groups (broad SMARTS) is 1. The third-order valence-corrected chi connectivity index (χ3v) is 10.8. The van der Waals surface area contributed by atoms with E-state index in [0.29, 0.717) is 56.0 Å². The lowest BCUT2D eigenvalue weighted by atomic mass is 9.96. The number of nitrogens with two attached hydrogens (primary N) is 1. The van der Waals surface area contributed by atoms with Crippen molar-refractivity contribution in [2.45, 2.75) is 56.4 Å². The summed E-state index contributed by atoms with van der Waals surface area (Å²) in [7, 11) is 0. The molecule has 0 spiro atoms. The van der Waals surface area contributed by atoms with Gasteiger partial charge in [0, 0.05) is 53.3 Å². The van der Waals surface area contributed by atoms with Crippen LogP contribution in [-0.4, -0.2) is 70.7 Å². The third kappa shape index (κ3) is 9.41. The van der Waals surface area contributed by atoms with Crippen LogP contribution in [0.25, 0.3) is 21.7 Å². The average molecular weight is 758 g/mol. The van der Waals surface area contributed by atoms with Gasteiger partial charge in [-0.1, -0.05) is 61.5 Å². The van der Waals surface area contributed by atoms with Crippen LogP contribution in [0.4, 0.5) is 5.82 Å². The summed E-state index contributed by atoms with van der Waals surface area (Å²) in [5.41, 5.74) is 9.25. The van der Waals surface area contributed by atoms with Crippen molar-refractivity contribution in [1.82, 2.24) is 14.9 Å². The largest absolute Gasteiger partial charge is 0.492 e. The second-order valence-corrected chi connectivity index (χ2v) is 15.0. The van der Waals surface area contributed by atoms with Crippen molar-refractivity contribution < 1.29 is 19.4 Å². The summed E-state index contributed by atoms with van der Waals surface area (Å²) in [6, 6.07) is 18.3. The highest BCUT2D eigenvalue weighted by Gasteiger charge is 2.30. The number of hydrogen-bond donors (Lipinski definition) is 2. The summed E-state index contributed by atoms with van der Waals surface area (Å²) < 4.78 is 5.97. The molecule has 2 aromatic carbocycles. The second kappa shape index (κ2) is 18.2. The first-order chi connectivity index (χ1) is 25.1. The van der Waals surface area contributed by atoms with Crippen LogP contribution in [0.15, 0.2) is 58.9 Å². The van der Waals surface area contributed by atoms with E-state index in [1.807, 2.05) is 43.5 Å². The number of rotatable bonds is 16. The molecular weight excluding hydrogens is 718 g/mol. The number of carbonyl (C=O) groups is 2. The van der Waals surface area contributed by atoms with Gasteiger partial charge in [-0.25, -0.2) is 14.8 Å². The topological polar surface area (TPSA) is 169 Å². The molecule has 3 N–H and O–H groups in total. The molecule has 1 aliphatic rings. The van der Waals surface area contributed by atoms with E-state index in [1.165, 1.54) is 28.0 Å². The fourth-order valence-electron chi connectivity index (χ4n) is 6.06. The molecule has 270 valence electrons. The van der Waals surface area contributed by atoms with Crippen molar-refractivity contribution >= 4 is 52.4 Å². The molecule has 52 heavy (non-hydrogen) atoms. The van der Waals surface area contributed by atoms with Crippen molar-refractivity contribution in [3.05, 3.63) is 75.8 Å². The highest BCUT2D eigenvalue weighted by molar-refractivity contribution is 7.98. The monoisotopic (exact) mass is 757 g/mol. The Labute approximate surface area is 317 Å². The van der Waals surface area contributed by atoms with Gasteiger partial charge in [0.05, 0.1) is 17.8 Å². The van der Waals surface area contributed by atoms with Crippen molar-refractivity contribution in [1.29, 1.82) is 10.5 Å². The minimum atomic E-state index is -1.07. The van der Waals surface area contributed by atoms with Crippen LogP contribution < -0.4 is 15.4 Å². The number of thiazole rings is 1. The van der Waals surface area contributed by atoms with Crippen LogP contribution in [-0.2, 0) is 15.3 Å². The summed E-state index contributed by atoms with van der Waals surface area (Å²) >= 11 is 9.01. The fourth-order valence-corrected chi connectivity index (χ4v) is 7.99. The van der Waals surface area contributed by atoms with Gasteiger partial charge >= 0.3 is 5.97 Å². The van der Waals surface area contributed by atoms with E-state index in [2.05, 4.69) is 17.0 Å². The molecule has 1 amide bonds. The maximum Gasteiger partial charge on any atom is 0.326 e. The molecule has 1 saturated heterocycles. The lowest BCUT2D eigenvalue weighted by molar-refractivity contribution is -0.151. The van der Waals surface area contributed by atoms with Gasteiger partial charge < -0.3 is 25.4 Å². The number of benzene rings is 2. The molecule has 3 heterocycles. The van der Waals surface area contributed by atoms with Crippen LogP contribution in [0, 0.1) is 28.6 Å². The number of thioether (sulfide) groups is 1. The van der Waals surface area contributed by atoms with Gasteiger partial charge in [-0.3, -0.25) is 4.79 Å². The van der Waals surface area contributed by atoms with Gasteiger partial charge in [-0.05, 0) is 55.0 Å². The van der Waals surface area contributed by atoms with Gasteiger partial charge in [-0.2, -0.15) is 10.5 Å². The maximum absolute atomic E-state index is 12.8. The van der Waals surface area contributed by atoms with E-state index >= 15 is 0 Å².